The van der Waals surface area contributed by atoms with Crippen molar-refractivity contribution in [1.82, 2.24) is 30.1 Å². The van der Waals surface area contributed by atoms with E-state index in [0.29, 0.717) is 0 Å². The zero-order valence-electron chi connectivity index (χ0n) is 18.8. The molecule has 0 saturated carbocycles. The van der Waals surface area contributed by atoms with Crippen molar-refractivity contribution in [2.24, 2.45) is 0 Å². The molecule has 12 nitrogen and oxygen atoms in total. The Labute approximate surface area is 200 Å². The summed E-state index contributed by atoms with van der Waals surface area (Å²) in [6.45, 7) is 2.47. The van der Waals surface area contributed by atoms with Gasteiger partial charge in [0, 0.05) is 12.1 Å². The molecule has 3 atom stereocenters. The van der Waals surface area contributed by atoms with Crippen molar-refractivity contribution >= 4 is 23.2 Å². The summed E-state index contributed by atoms with van der Waals surface area (Å²) in [4.78, 5) is 15.9. The predicted octanol–water partition coefficient (Wildman–Crippen LogP) is 3.02. The minimum Gasteiger partial charge on any atom is -0.441 e. The molecule has 0 bridgehead atoms. The van der Waals surface area contributed by atoms with Crippen molar-refractivity contribution in [3.8, 4) is 6.07 Å². The molecule has 3 N–H and O–H groups in total. The molecule has 1 saturated heterocycles. The van der Waals surface area contributed by atoms with Gasteiger partial charge in [-0.1, -0.05) is 0 Å². The number of H-pyrrole nitrogens is 1. The second-order valence-electron chi connectivity index (χ2n) is 8.06. The molecule has 1 aliphatic heterocycles. The Kier molecular flexibility index (Phi) is 6.95. The summed E-state index contributed by atoms with van der Waals surface area (Å²) in [5.41, 5.74) is 0.349. The highest BCUT2D eigenvalue weighted by Gasteiger charge is 2.42. The first-order valence-electron chi connectivity index (χ1n) is 10.6. The zero-order chi connectivity index (χ0) is 26.0. The number of aromatic nitrogens is 5. The fraction of sp³-hybridized carbons (Fsp3) is 0.450. The molecule has 4 heterocycles. The maximum Gasteiger partial charge on any atom is 0.522 e. The van der Waals surface area contributed by atoms with Crippen LogP contribution in [0.25, 0.3) is 5.52 Å². The summed E-state index contributed by atoms with van der Waals surface area (Å²) in [7, 11) is 0. The third-order valence-electron chi connectivity index (χ3n) is 4.90. The van der Waals surface area contributed by atoms with E-state index in [2.05, 4.69) is 35.7 Å². The van der Waals surface area contributed by atoms with Gasteiger partial charge in [0.05, 0.1) is 24.2 Å². The number of ether oxygens (including phenoxy) is 3. The Bertz CT molecular complexity index is 1280. The maximum absolute atomic E-state index is 14.9. The first kappa shape index (κ1) is 25.1. The van der Waals surface area contributed by atoms with Crippen molar-refractivity contribution in [2.45, 2.75) is 51.2 Å². The van der Waals surface area contributed by atoms with Crippen LogP contribution >= 0.6 is 0 Å². The number of hydrogen-bond donors (Lipinski definition) is 3. The van der Waals surface area contributed by atoms with Crippen LogP contribution in [0.15, 0.2) is 18.3 Å². The van der Waals surface area contributed by atoms with Crippen LogP contribution in [0, 0.1) is 11.3 Å². The number of aromatic amines is 1. The van der Waals surface area contributed by atoms with Crippen LogP contribution in [0.5, 0.6) is 0 Å². The van der Waals surface area contributed by atoms with Gasteiger partial charge in [-0.25, -0.2) is 18.7 Å². The molecular formula is C20H20F4N8O4. The van der Waals surface area contributed by atoms with Crippen molar-refractivity contribution < 1.29 is 36.6 Å². The van der Waals surface area contributed by atoms with Gasteiger partial charge in [0.2, 0.25) is 0 Å². The van der Waals surface area contributed by atoms with E-state index in [9.17, 15) is 27.6 Å². The van der Waals surface area contributed by atoms with Crippen LogP contribution in [0.3, 0.4) is 0 Å². The number of anilines is 2. The van der Waals surface area contributed by atoms with Crippen molar-refractivity contribution in [2.75, 3.05) is 11.9 Å². The number of alkyl carbamates (subject to hydrolysis) is 1. The van der Waals surface area contributed by atoms with E-state index >= 15 is 0 Å². The van der Waals surface area contributed by atoms with Gasteiger partial charge < -0.3 is 20.1 Å². The molecule has 0 unspecified atom stereocenters. The van der Waals surface area contributed by atoms with E-state index in [-0.39, 0.29) is 46.9 Å². The number of nitriles is 1. The minimum atomic E-state index is -4.84. The average Bonchev–Trinajstić information content (AvgIpc) is 3.50. The van der Waals surface area contributed by atoms with Crippen molar-refractivity contribution in [3.05, 3.63) is 35.4 Å². The molecule has 0 radical (unpaired) electrons. The van der Waals surface area contributed by atoms with Crippen LogP contribution in [0.4, 0.5) is 34.0 Å². The summed E-state index contributed by atoms with van der Waals surface area (Å²) in [6.07, 6.45) is -8.24. The highest BCUT2D eigenvalue weighted by Crippen LogP contribution is 2.34. The molecule has 1 amide bonds. The van der Waals surface area contributed by atoms with Crippen molar-refractivity contribution in [1.29, 1.82) is 5.26 Å². The standard InChI is InChI=1S/C20H20F4N8O4/c1-9(2)26-19(33)36-14-8-34-17(16(14)21)12-4-15(30-29-12)28-18-13-3-10(7-35-20(22,23)24)31-32(13)6-11(5-25)27-18/h3-4,6,9,14,16-17H,7-8H2,1-2H3,(H,26,33)(H2,27,28,29,30)/t14-,16+,17-/m0/s1. The number of nitrogens with zero attached hydrogens (tertiary/aromatic N) is 5. The molecule has 36 heavy (non-hydrogen) atoms. The lowest BCUT2D eigenvalue weighted by molar-refractivity contribution is -0.330. The second kappa shape index (κ2) is 9.95. The number of alkyl halides is 4. The number of fused-ring (bicyclic) bond motifs is 1. The Hall–Kier alpha value is -3.97. The molecule has 1 aliphatic rings. The molecule has 3 aromatic rings. The first-order chi connectivity index (χ1) is 17.0. The van der Waals surface area contributed by atoms with Crippen molar-refractivity contribution in [3.63, 3.8) is 0 Å². The van der Waals surface area contributed by atoms with Gasteiger partial charge in [0.15, 0.2) is 29.6 Å². The van der Waals surface area contributed by atoms with Crippen LogP contribution in [0.2, 0.25) is 0 Å². The fourth-order valence-corrected chi connectivity index (χ4v) is 3.43. The van der Waals surface area contributed by atoms with Crippen LogP contribution < -0.4 is 10.6 Å². The molecule has 4 rings (SSSR count). The minimum absolute atomic E-state index is 0.0536. The van der Waals surface area contributed by atoms with E-state index in [1.165, 1.54) is 22.8 Å². The SMILES string of the molecule is CC(C)NC(=O)O[C@H]1CO[C@@H](c2cc(Nc3nc(C#N)cn4nc(COC(F)(F)F)cc34)n[nH]2)[C@@H]1F. The lowest BCUT2D eigenvalue weighted by atomic mass is 10.1. The predicted molar refractivity (Wildman–Crippen MR) is 113 cm³/mol. The Morgan fingerprint density at radius 3 is 2.89 bits per heavy atom. The molecule has 0 spiro atoms. The van der Waals surface area contributed by atoms with Crippen LogP contribution in [-0.2, 0) is 20.8 Å². The molecule has 0 aliphatic carbocycles. The maximum atomic E-state index is 14.9. The highest BCUT2D eigenvalue weighted by molar-refractivity contribution is 5.73. The normalized spacial score (nSPS) is 20.0. The van der Waals surface area contributed by atoms with Gasteiger partial charge in [0.1, 0.15) is 24.3 Å². The smallest absolute Gasteiger partial charge is 0.441 e. The zero-order valence-corrected chi connectivity index (χ0v) is 18.8. The third kappa shape index (κ3) is 5.80. The third-order valence-corrected chi connectivity index (χ3v) is 4.90. The van der Waals surface area contributed by atoms with Crippen LogP contribution in [-0.4, -0.2) is 62.2 Å². The van der Waals surface area contributed by atoms with E-state index in [0.717, 1.165) is 0 Å². The summed E-state index contributed by atoms with van der Waals surface area (Å²) >= 11 is 0. The average molecular weight is 512 g/mol. The van der Waals surface area contributed by atoms with E-state index < -0.39 is 37.4 Å². The number of carbonyl (C=O) groups excluding carboxylic acids is 1. The molecule has 192 valence electrons. The number of hydrogen-bond acceptors (Lipinski definition) is 9. The van der Waals surface area contributed by atoms with Gasteiger partial charge in [-0.05, 0) is 19.9 Å². The summed E-state index contributed by atoms with van der Waals surface area (Å²) in [5.74, 6) is 0.218. The Balaban J connectivity index is 1.49. The van der Waals surface area contributed by atoms with Crippen LogP contribution in [0.1, 0.15) is 37.0 Å². The first-order valence-corrected chi connectivity index (χ1v) is 10.6. The van der Waals surface area contributed by atoms with Gasteiger partial charge in [-0.15, -0.1) is 13.2 Å². The summed E-state index contributed by atoms with van der Waals surface area (Å²) in [6, 6.07) is 4.38. The lowest BCUT2D eigenvalue weighted by Crippen LogP contribution is -2.36. The van der Waals surface area contributed by atoms with E-state index in [1.54, 1.807) is 13.8 Å². The lowest BCUT2D eigenvalue weighted by Gasteiger charge is -2.16. The second-order valence-corrected chi connectivity index (χ2v) is 8.06. The molecule has 16 heteroatoms. The number of carbonyl (C=O) groups is 1. The number of amides is 1. The molecule has 1 fully saturated rings. The monoisotopic (exact) mass is 512 g/mol. The summed E-state index contributed by atoms with van der Waals surface area (Å²) < 4.78 is 67.5. The molecule has 0 aromatic carbocycles. The number of halogens is 4. The quantitative estimate of drug-likeness (QED) is 0.406. The van der Waals surface area contributed by atoms with Gasteiger partial charge in [-0.2, -0.15) is 15.5 Å². The molecular weight excluding hydrogens is 492 g/mol. The molecule has 3 aromatic heterocycles. The Morgan fingerprint density at radius 1 is 1.42 bits per heavy atom. The van der Waals surface area contributed by atoms with E-state index in [1.807, 2.05) is 6.07 Å². The van der Waals surface area contributed by atoms with Gasteiger partial charge in [0.25, 0.3) is 0 Å². The van der Waals surface area contributed by atoms with Gasteiger partial charge in [-0.3, -0.25) is 9.84 Å². The topological polar surface area (TPSA) is 151 Å². The fourth-order valence-electron chi connectivity index (χ4n) is 3.43. The highest BCUT2D eigenvalue weighted by atomic mass is 19.4. The largest absolute Gasteiger partial charge is 0.522 e. The summed E-state index contributed by atoms with van der Waals surface area (Å²) in [5, 5.41) is 25.2. The number of rotatable bonds is 7. The Morgan fingerprint density at radius 2 is 2.19 bits per heavy atom. The number of nitrogens with one attached hydrogen (secondary N) is 3. The van der Waals surface area contributed by atoms with E-state index in [4.69, 9.17) is 9.47 Å². The van der Waals surface area contributed by atoms with Gasteiger partial charge >= 0.3 is 12.5 Å².